The molecule has 1 rings (SSSR count). The predicted molar refractivity (Wildman–Crippen MR) is 64.0 cm³/mol. The Labute approximate surface area is 98.9 Å². The summed E-state index contributed by atoms with van der Waals surface area (Å²) in [6.45, 7) is 5.42. The normalized spacial score (nSPS) is 12.7. The lowest BCUT2D eigenvalue weighted by atomic mass is 10.2. The summed E-state index contributed by atoms with van der Waals surface area (Å²) in [6, 6.07) is 1.71. The molecule has 1 heterocycles. The quantitative estimate of drug-likeness (QED) is 0.707. The van der Waals surface area contributed by atoms with Gasteiger partial charge in [0, 0.05) is 24.6 Å². The number of hydrogen-bond donors (Lipinski definition) is 3. The highest BCUT2D eigenvalue weighted by Crippen LogP contribution is 2.21. The zero-order valence-electron chi connectivity index (χ0n) is 9.49. The third-order valence-corrected chi connectivity index (χ3v) is 3.43. The Kier molecular flexibility index (Phi) is 4.92. The van der Waals surface area contributed by atoms with Gasteiger partial charge < -0.3 is 15.5 Å². The molecule has 1 atom stereocenters. The first-order chi connectivity index (χ1) is 7.54. The Morgan fingerprint density at radius 1 is 1.62 bits per heavy atom. The lowest BCUT2D eigenvalue weighted by Gasteiger charge is -2.08. The van der Waals surface area contributed by atoms with Crippen LogP contribution in [0.3, 0.4) is 0 Å². The van der Waals surface area contributed by atoms with E-state index in [0.717, 1.165) is 17.0 Å². The van der Waals surface area contributed by atoms with Gasteiger partial charge in [0.1, 0.15) is 4.88 Å². The standard InChI is InChI=1S/C11H17NO3S/c1-7(6-13)4-12-5-9-3-10(11(14)15)16-8(9)2/h3,7,12-13H,4-6H2,1-2H3,(H,14,15). The van der Waals surface area contributed by atoms with Crippen molar-refractivity contribution in [2.24, 2.45) is 5.92 Å². The van der Waals surface area contributed by atoms with E-state index < -0.39 is 5.97 Å². The first kappa shape index (κ1) is 13.2. The average molecular weight is 243 g/mol. The second-order valence-electron chi connectivity index (χ2n) is 3.92. The van der Waals surface area contributed by atoms with Gasteiger partial charge in [0.05, 0.1) is 0 Å². The molecule has 0 saturated heterocycles. The van der Waals surface area contributed by atoms with Gasteiger partial charge in [0.15, 0.2) is 0 Å². The fourth-order valence-corrected chi connectivity index (χ4v) is 2.20. The number of carboxylic acids is 1. The van der Waals surface area contributed by atoms with Crippen molar-refractivity contribution in [3.63, 3.8) is 0 Å². The van der Waals surface area contributed by atoms with Crippen LogP contribution in [0.25, 0.3) is 0 Å². The van der Waals surface area contributed by atoms with Gasteiger partial charge in [-0.05, 0) is 24.5 Å². The fourth-order valence-electron chi connectivity index (χ4n) is 1.32. The third kappa shape index (κ3) is 3.59. The molecule has 0 radical (unpaired) electrons. The summed E-state index contributed by atoms with van der Waals surface area (Å²) in [5, 5.41) is 20.9. The minimum absolute atomic E-state index is 0.163. The average Bonchev–Trinajstić information content (AvgIpc) is 2.60. The van der Waals surface area contributed by atoms with E-state index in [9.17, 15) is 4.79 Å². The minimum atomic E-state index is -0.872. The van der Waals surface area contributed by atoms with Crippen molar-refractivity contribution in [2.45, 2.75) is 20.4 Å². The van der Waals surface area contributed by atoms with Gasteiger partial charge in [-0.1, -0.05) is 6.92 Å². The highest BCUT2D eigenvalue weighted by Gasteiger charge is 2.10. The summed E-state index contributed by atoms with van der Waals surface area (Å²) >= 11 is 1.30. The maximum atomic E-state index is 10.8. The largest absolute Gasteiger partial charge is 0.477 e. The molecule has 1 unspecified atom stereocenters. The Bertz CT molecular complexity index is 362. The van der Waals surface area contributed by atoms with Gasteiger partial charge in [0.25, 0.3) is 0 Å². The van der Waals surface area contributed by atoms with Crippen LogP contribution in [0.1, 0.15) is 27.0 Å². The van der Waals surface area contributed by atoms with Gasteiger partial charge in [-0.2, -0.15) is 0 Å². The van der Waals surface area contributed by atoms with Crippen LogP contribution in [-0.2, 0) is 6.54 Å². The monoisotopic (exact) mass is 243 g/mol. The number of thiophene rings is 1. The molecule has 4 nitrogen and oxygen atoms in total. The van der Waals surface area contributed by atoms with E-state index >= 15 is 0 Å². The topological polar surface area (TPSA) is 69.6 Å². The molecule has 1 aromatic heterocycles. The molecule has 0 bridgehead atoms. The van der Waals surface area contributed by atoms with E-state index in [1.807, 2.05) is 13.8 Å². The lowest BCUT2D eigenvalue weighted by Crippen LogP contribution is -2.22. The Balaban J connectivity index is 2.51. The van der Waals surface area contributed by atoms with Gasteiger partial charge in [-0.25, -0.2) is 4.79 Å². The SMILES string of the molecule is Cc1sc(C(=O)O)cc1CNCC(C)CO. The molecule has 0 spiro atoms. The molecule has 0 aliphatic rings. The van der Waals surface area contributed by atoms with Crippen LogP contribution in [0.15, 0.2) is 6.07 Å². The molecule has 90 valence electrons. The molecular formula is C11H17NO3S. The Hall–Kier alpha value is -0.910. The van der Waals surface area contributed by atoms with Crippen LogP contribution in [-0.4, -0.2) is 29.3 Å². The van der Waals surface area contributed by atoms with E-state index in [4.69, 9.17) is 10.2 Å². The zero-order valence-corrected chi connectivity index (χ0v) is 10.3. The van der Waals surface area contributed by atoms with Gasteiger partial charge in [-0.15, -0.1) is 11.3 Å². The van der Waals surface area contributed by atoms with Crippen molar-refractivity contribution >= 4 is 17.3 Å². The van der Waals surface area contributed by atoms with E-state index in [-0.39, 0.29) is 12.5 Å². The molecule has 0 fully saturated rings. The first-order valence-electron chi connectivity index (χ1n) is 5.18. The van der Waals surface area contributed by atoms with Crippen LogP contribution in [0, 0.1) is 12.8 Å². The third-order valence-electron chi connectivity index (χ3n) is 2.35. The van der Waals surface area contributed by atoms with E-state index in [1.54, 1.807) is 6.07 Å². The number of aliphatic hydroxyl groups is 1. The number of carboxylic acid groups (broad SMARTS) is 1. The number of nitrogens with one attached hydrogen (secondary N) is 1. The van der Waals surface area contributed by atoms with Gasteiger partial charge in [0.2, 0.25) is 0 Å². The second-order valence-corrected chi connectivity index (χ2v) is 5.17. The molecule has 0 saturated carbocycles. The van der Waals surface area contributed by atoms with Crippen molar-refractivity contribution in [2.75, 3.05) is 13.2 Å². The first-order valence-corrected chi connectivity index (χ1v) is 6.00. The molecular weight excluding hydrogens is 226 g/mol. The smallest absolute Gasteiger partial charge is 0.345 e. The summed E-state index contributed by atoms with van der Waals surface area (Å²) < 4.78 is 0. The van der Waals surface area contributed by atoms with Crippen molar-refractivity contribution in [3.8, 4) is 0 Å². The molecule has 0 aromatic carbocycles. The summed E-state index contributed by atoms with van der Waals surface area (Å²) in [4.78, 5) is 12.2. The molecule has 3 N–H and O–H groups in total. The second kappa shape index (κ2) is 5.98. The van der Waals surface area contributed by atoms with Crippen molar-refractivity contribution in [1.29, 1.82) is 0 Å². The number of aryl methyl sites for hydroxylation is 1. The highest BCUT2D eigenvalue weighted by atomic mass is 32.1. The van der Waals surface area contributed by atoms with Crippen molar-refractivity contribution in [1.82, 2.24) is 5.32 Å². The number of carbonyl (C=O) groups is 1. The van der Waals surface area contributed by atoms with Gasteiger partial charge >= 0.3 is 5.97 Å². The van der Waals surface area contributed by atoms with Crippen LogP contribution in [0.2, 0.25) is 0 Å². The van der Waals surface area contributed by atoms with E-state index in [0.29, 0.717) is 11.4 Å². The van der Waals surface area contributed by atoms with Crippen LogP contribution in [0.5, 0.6) is 0 Å². The fraction of sp³-hybridized carbons (Fsp3) is 0.545. The van der Waals surface area contributed by atoms with Crippen molar-refractivity contribution in [3.05, 3.63) is 21.4 Å². The molecule has 0 aliphatic carbocycles. The van der Waals surface area contributed by atoms with E-state index in [2.05, 4.69) is 5.32 Å². The van der Waals surface area contributed by atoms with Gasteiger partial charge in [-0.3, -0.25) is 0 Å². The Morgan fingerprint density at radius 2 is 2.31 bits per heavy atom. The van der Waals surface area contributed by atoms with Crippen LogP contribution < -0.4 is 5.32 Å². The van der Waals surface area contributed by atoms with Crippen LogP contribution >= 0.6 is 11.3 Å². The zero-order chi connectivity index (χ0) is 12.1. The van der Waals surface area contributed by atoms with E-state index in [1.165, 1.54) is 11.3 Å². The molecule has 1 aromatic rings. The lowest BCUT2D eigenvalue weighted by molar-refractivity contribution is 0.0702. The number of aromatic carboxylic acids is 1. The maximum absolute atomic E-state index is 10.8. The molecule has 0 amide bonds. The molecule has 0 aliphatic heterocycles. The number of rotatable bonds is 6. The maximum Gasteiger partial charge on any atom is 0.345 e. The Morgan fingerprint density at radius 3 is 2.81 bits per heavy atom. The molecule has 16 heavy (non-hydrogen) atoms. The summed E-state index contributed by atoms with van der Waals surface area (Å²) in [6.07, 6.45) is 0. The predicted octanol–water partition coefficient (Wildman–Crippen LogP) is 1.47. The highest BCUT2D eigenvalue weighted by molar-refractivity contribution is 7.14. The summed E-state index contributed by atoms with van der Waals surface area (Å²) in [5.41, 5.74) is 1.02. The minimum Gasteiger partial charge on any atom is -0.477 e. The number of hydrogen-bond acceptors (Lipinski definition) is 4. The number of aliphatic hydroxyl groups excluding tert-OH is 1. The summed E-state index contributed by atoms with van der Waals surface area (Å²) in [5.74, 6) is -0.652. The van der Waals surface area contributed by atoms with Crippen molar-refractivity contribution < 1.29 is 15.0 Å². The summed E-state index contributed by atoms with van der Waals surface area (Å²) in [7, 11) is 0. The molecule has 5 heteroatoms. The van der Waals surface area contributed by atoms with Crippen LogP contribution in [0.4, 0.5) is 0 Å².